The highest BCUT2D eigenvalue weighted by atomic mass is 16.5. The van der Waals surface area contributed by atoms with Crippen molar-refractivity contribution in [1.82, 2.24) is 5.32 Å². The number of carbonyl (C=O) groups excluding carboxylic acids is 1. The largest absolute Gasteiger partial charge is 0.478 e. The number of hydrogen-bond donors (Lipinski definition) is 2. The lowest BCUT2D eigenvalue weighted by Crippen LogP contribution is -2.11. The fraction of sp³-hybridized carbons (Fsp3) is 0.333. The van der Waals surface area contributed by atoms with Crippen LogP contribution in [0.5, 0.6) is 0 Å². The van der Waals surface area contributed by atoms with Gasteiger partial charge in [-0.05, 0) is 33.2 Å². The molecule has 0 radical (unpaired) electrons. The number of esters is 1. The predicted octanol–water partition coefficient (Wildman–Crippen LogP) is 1.40. The van der Waals surface area contributed by atoms with Gasteiger partial charge in [0, 0.05) is 0 Å². The number of nitrogens with one attached hydrogen (secondary N) is 1. The Morgan fingerprint density at radius 3 is 2.12 bits per heavy atom. The number of carboxylic acid groups (broad SMARTS) is 1. The summed E-state index contributed by atoms with van der Waals surface area (Å²) in [6.45, 7) is 1.90. The van der Waals surface area contributed by atoms with Crippen LogP contribution in [0, 0.1) is 0 Å². The van der Waals surface area contributed by atoms with Gasteiger partial charge in [0.2, 0.25) is 0 Å². The van der Waals surface area contributed by atoms with Gasteiger partial charge >= 0.3 is 11.9 Å². The van der Waals surface area contributed by atoms with Crippen LogP contribution in [0.15, 0.2) is 24.3 Å². The van der Waals surface area contributed by atoms with E-state index in [0.29, 0.717) is 0 Å². The minimum atomic E-state index is -1.13. The highest BCUT2D eigenvalue weighted by molar-refractivity contribution is 6.02. The van der Waals surface area contributed by atoms with Crippen molar-refractivity contribution >= 4 is 11.9 Å². The van der Waals surface area contributed by atoms with Crippen LogP contribution >= 0.6 is 0 Å². The molecular weight excluding hydrogens is 222 g/mol. The maximum Gasteiger partial charge on any atom is 0.338 e. The minimum Gasteiger partial charge on any atom is -0.478 e. The molecule has 0 heterocycles. The molecule has 1 rings (SSSR count). The standard InChI is InChI=1S/C10H10O4.C2H7N/c1-2-14-10(13)8-6-4-3-5-7(8)9(11)12;1-3-2/h3-6H,2H2,1H3,(H,11,12);3H,1-2H3. The van der Waals surface area contributed by atoms with Gasteiger partial charge in [-0.2, -0.15) is 0 Å². The average molecular weight is 239 g/mol. The van der Waals surface area contributed by atoms with E-state index in [1.165, 1.54) is 12.1 Å². The van der Waals surface area contributed by atoms with Crippen LogP contribution in [0.1, 0.15) is 27.6 Å². The SMILES string of the molecule is CCOC(=O)c1ccccc1C(=O)O.CNC. The summed E-state index contributed by atoms with van der Waals surface area (Å²) in [6.07, 6.45) is 0. The van der Waals surface area contributed by atoms with Crippen molar-refractivity contribution in [1.29, 1.82) is 0 Å². The number of benzene rings is 1. The fourth-order valence-electron chi connectivity index (χ4n) is 1.06. The molecule has 5 nitrogen and oxygen atoms in total. The zero-order chi connectivity index (χ0) is 13.3. The van der Waals surface area contributed by atoms with Gasteiger partial charge in [0.25, 0.3) is 0 Å². The number of carboxylic acids is 1. The van der Waals surface area contributed by atoms with Crippen molar-refractivity contribution in [3.8, 4) is 0 Å². The van der Waals surface area contributed by atoms with Gasteiger partial charge < -0.3 is 15.2 Å². The van der Waals surface area contributed by atoms with Crippen molar-refractivity contribution in [2.24, 2.45) is 0 Å². The lowest BCUT2D eigenvalue weighted by Gasteiger charge is -2.04. The summed E-state index contributed by atoms with van der Waals surface area (Å²) >= 11 is 0. The molecule has 0 bridgehead atoms. The zero-order valence-corrected chi connectivity index (χ0v) is 10.2. The van der Waals surface area contributed by atoms with Gasteiger partial charge in [0.1, 0.15) is 0 Å². The Balaban J connectivity index is 0.000000770. The van der Waals surface area contributed by atoms with E-state index in [0.717, 1.165) is 0 Å². The quantitative estimate of drug-likeness (QED) is 0.780. The van der Waals surface area contributed by atoms with Crippen LogP contribution in [-0.4, -0.2) is 37.7 Å². The zero-order valence-electron chi connectivity index (χ0n) is 10.2. The molecule has 0 amide bonds. The van der Waals surface area contributed by atoms with E-state index in [4.69, 9.17) is 9.84 Å². The lowest BCUT2D eigenvalue weighted by molar-refractivity contribution is 0.0514. The second-order valence-electron chi connectivity index (χ2n) is 3.07. The van der Waals surface area contributed by atoms with Crippen molar-refractivity contribution in [3.63, 3.8) is 0 Å². The number of ether oxygens (including phenoxy) is 1. The van der Waals surface area contributed by atoms with Gasteiger partial charge in [0.05, 0.1) is 17.7 Å². The molecule has 0 aliphatic carbocycles. The Bertz CT molecular complexity index is 377. The second kappa shape index (κ2) is 8.29. The molecule has 94 valence electrons. The Hall–Kier alpha value is -1.88. The number of aromatic carboxylic acids is 1. The third kappa shape index (κ3) is 5.12. The van der Waals surface area contributed by atoms with Crippen LogP contribution < -0.4 is 5.32 Å². The first-order valence-corrected chi connectivity index (χ1v) is 5.16. The fourth-order valence-corrected chi connectivity index (χ4v) is 1.06. The Morgan fingerprint density at radius 2 is 1.71 bits per heavy atom. The first-order valence-electron chi connectivity index (χ1n) is 5.16. The Labute approximate surface area is 100 Å². The summed E-state index contributed by atoms with van der Waals surface area (Å²) in [5.74, 6) is -1.74. The third-order valence-electron chi connectivity index (χ3n) is 1.65. The summed E-state index contributed by atoms with van der Waals surface area (Å²) in [5.41, 5.74) is 0.0489. The summed E-state index contributed by atoms with van der Waals surface area (Å²) in [6, 6.07) is 5.96. The Kier molecular flexibility index (Phi) is 7.38. The van der Waals surface area contributed by atoms with Crippen molar-refractivity contribution in [2.75, 3.05) is 20.7 Å². The summed E-state index contributed by atoms with van der Waals surface area (Å²) in [7, 11) is 3.75. The van der Waals surface area contributed by atoms with Crippen LogP contribution in [-0.2, 0) is 4.74 Å². The van der Waals surface area contributed by atoms with Crippen LogP contribution in [0.4, 0.5) is 0 Å². The monoisotopic (exact) mass is 239 g/mol. The second-order valence-corrected chi connectivity index (χ2v) is 3.07. The van der Waals surface area contributed by atoms with E-state index in [9.17, 15) is 9.59 Å². The van der Waals surface area contributed by atoms with Crippen molar-refractivity contribution < 1.29 is 19.4 Å². The smallest absolute Gasteiger partial charge is 0.338 e. The summed E-state index contributed by atoms with van der Waals surface area (Å²) in [4.78, 5) is 22.0. The van der Waals surface area contributed by atoms with E-state index in [1.807, 2.05) is 14.1 Å². The first-order chi connectivity index (χ1) is 8.08. The normalized spacial score (nSPS) is 8.88. The van der Waals surface area contributed by atoms with Gasteiger partial charge in [-0.3, -0.25) is 0 Å². The molecule has 5 heteroatoms. The average Bonchev–Trinajstić information content (AvgIpc) is 2.30. The lowest BCUT2D eigenvalue weighted by atomic mass is 10.1. The molecule has 0 atom stereocenters. The molecule has 17 heavy (non-hydrogen) atoms. The molecule has 0 unspecified atom stereocenters. The molecule has 0 fully saturated rings. The molecule has 0 aliphatic rings. The van der Waals surface area contributed by atoms with Gasteiger partial charge in [-0.1, -0.05) is 12.1 Å². The summed E-state index contributed by atoms with van der Waals surface area (Å²) < 4.78 is 4.72. The third-order valence-corrected chi connectivity index (χ3v) is 1.65. The van der Waals surface area contributed by atoms with E-state index in [2.05, 4.69) is 5.32 Å². The van der Waals surface area contributed by atoms with E-state index in [1.54, 1.807) is 19.1 Å². The molecule has 0 saturated heterocycles. The minimum absolute atomic E-state index is 0.0362. The molecule has 2 N–H and O–H groups in total. The molecule has 1 aromatic carbocycles. The molecule has 0 spiro atoms. The van der Waals surface area contributed by atoms with E-state index >= 15 is 0 Å². The molecular formula is C12H17NO4. The van der Waals surface area contributed by atoms with Crippen molar-refractivity contribution in [3.05, 3.63) is 35.4 Å². The number of carbonyl (C=O) groups is 2. The molecule has 0 aromatic heterocycles. The molecule has 0 aliphatic heterocycles. The van der Waals surface area contributed by atoms with Crippen LogP contribution in [0.3, 0.4) is 0 Å². The first kappa shape index (κ1) is 15.1. The van der Waals surface area contributed by atoms with E-state index in [-0.39, 0.29) is 17.7 Å². The van der Waals surface area contributed by atoms with Crippen molar-refractivity contribution in [2.45, 2.75) is 6.92 Å². The van der Waals surface area contributed by atoms with Gasteiger partial charge in [-0.25, -0.2) is 9.59 Å². The topological polar surface area (TPSA) is 75.6 Å². The molecule has 1 aromatic rings. The number of hydrogen-bond acceptors (Lipinski definition) is 4. The summed E-state index contributed by atoms with van der Waals surface area (Å²) in [5, 5.41) is 11.5. The highest BCUT2D eigenvalue weighted by Gasteiger charge is 2.15. The predicted molar refractivity (Wildman–Crippen MR) is 64.3 cm³/mol. The number of rotatable bonds is 3. The van der Waals surface area contributed by atoms with Crippen LogP contribution in [0.2, 0.25) is 0 Å². The van der Waals surface area contributed by atoms with Gasteiger partial charge in [-0.15, -0.1) is 0 Å². The van der Waals surface area contributed by atoms with Gasteiger partial charge in [0.15, 0.2) is 0 Å². The Morgan fingerprint density at radius 1 is 1.24 bits per heavy atom. The molecule has 0 saturated carbocycles. The highest BCUT2D eigenvalue weighted by Crippen LogP contribution is 2.09. The maximum atomic E-state index is 11.3. The van der Waals surface area contributed by atoms with E-state index < -0.39 is 11.9 Å². The van der Waals surface area contributed by atoms with Crippen LogP contribution in [0.25, 0.3) is 0 Å². The maximum absolute atomic E-state index is 11.3.